The number of nitrogens with zero attached hydrogens (tertiary/aromatic N) is 1. The molecule has 6 nitrogen and oxygen atoms in total. The molecule has 1 atom stereocenters. The van der Waals surface area contributed by atoms with Crippen molar-refractivity contribution in [2.24, 2.45) is 0 Å². The quantitative estimate of drug-likeness (QED) is 0.618. The molecule has 1 heterocycles. The maximum absolute atomic E-state index is 11.5. The van der Waals surface area contributed by atoms with Gasteiger partial charge in [-0.1, -0.05) is 6.92 Å². The Morgan fingerprint density at radius 2 is 2.29 bits per heavy atom. The topological polar surface area (TPSA) is 78.9 Å². The fourth-order valence-corrected chi connectivity index (χ4v) is 2.83. The van der Waals surface area contributed by atoms with Gasteiger partial charge in [-0.2, -0.15) is 0 Å². The number of nitrogens with one attached hydrogen (secondary N) is 1. The fourth-order valence-electron chi connectivity index (χ4n) is 1.74. The molecule has 1 rings (SSSR count). The van der Waals surface area contributed by atoms with E-state index in [-0.39, 0.29) is 24.9 Å². The van der Waals surface area contributed by atoms with Crippen molar-refractivity contribution in [3.8, 4) is 0 Å². The summed E-state index contributed by atoms with van der Waals surface area (Å²) in [5.41, 5.74) is 0. The standard InChI is InChI=1S/C10H22N2O4S/c1-2-12-4-6-16-10(9-12)8-11-17(14,15)7-3-5-13/h10-11,13H,2-9H2,1H3. The molecule has 0 spiro atoms. The first-order valence-electron chi connectivity index (χ1n) is 5.99. The van der Waals surface area contributed by atoms with Gasteiger partial charge in [0.1, 0.15) is 0 Å². The highest BCUT2D eigenvalue weighted by molar-refractivity contribution is 7.89. The second-order valence-corrected chi connectivity index (χ2v) is 6.06. The number of rotatable bonds is 7. The van der Waals surface area contributed by atoms with Crippen molar-refractivity contribution in [2.75, 3.05) is 45.1 Å². The van der Waals surface area contributed by atoms with Gasteiger partial charge in [0, 0.05) is 26.2 Å². The Kier molecular flexibility index (Phi) is 6.35. The summed E-state index contributed by atoms with van der Waals surface area (Å²) >= 11 is 0. The average molecular weight is 266 g/mol. The summed E-state index contributed by atoms with van der Waals surface area (Å²) in [6, 6.07) is 0. The van der Waals surface area contributed by atoms with Crippen LogP contribution >= 0.6 is 0 Å². The van der Waals surface area contributed by atoms with Crippen LogP contribution in [-0.4, -0.2) is 69.7 Å². The van der Waals surface area contributed by atoms with E-state index < -0.39 is 10.0 Å². The maximum atomic E-state index is 11.5. The fraction of sp³-hybridized carbons (Fsp3) is 1.00. The predicted molar refractivity (Wildman–Crippen MR) is 65.3 cm³/mol. The first kappa shape index (κ1) is 14.8. The largest absolute Gasteiger partial charge is 0.396 e. The molecule has 1 saturated heterocycles. The maximum Gasteiger partial charge on any atom is 0.211 e. The van der Waals surface area contributed by atoms with Crippen LogP contribution in [0.15, 0.2) is 0 Å². The molecule has 0 aliphatic carbocycles. The summed E-state index contributed by atoms with van der Waals surface area (Å²) in [4.78, 5) is 2.23. The van der Waals surface area contributed by atoms with Crippen LogP contribution in [0.5, 0.6) is 0 Å². The van der Waals surface area contributed by atoms with Crippen LogP contribution in [0.3, 0.4) is 0 Å². The molecule has 2 N–H and O–H groups in total. The number of aliphatic hydroxyl groups is 1. The van der Waals surface area contributed by atoms with Crippen molar-refractivity contribution < 1.29 is 18.3 Å². The predicted octanol–water partition coefficient (Wildman–Crippen LogP) is -0.991. The van der Waals surface area contributed by atoms with Gasteiger partial charge in [-0.25, -0.2) is 13.1 Å². The minimum atomic E-state index is -3.28. The molecular weight excluding hydrogens is 244 g/mol. The molecule has 0 aromatic carbocycles. The average Bonchev–Trinajstić information content (AvgIpc) is 2.34. The SMILES string of the molecule is CCN1CCOC(CNS(=O)(=O)CCCO)C1. The number of ether oxygens (including phenoxy) is 1. The lowest BCUT2D eigenvalue weighted by atomic mass is 10.3. The Hall–Kier alpha value is -0.210. The van der Waals surface area contributed by atoms with E-state index in [0.717, 1.165) is 19.6 Å². The minimum Gasteiger partial charge on any atom is -0.396 e. The normalized spacial score (nSPS) is 22.8. The van der Waals surface area contributed by atoms with Crippen LogP contribution in [-0.2, 0) is 14.8 Å². The van der Waals surface area contributed by atoms with E-state index in [1.54, 1.807) is 0 Å². The number of sulfonamides is 1. The van der Waals surface area contributed by atoms with Gasteiger partial charge < -0.3 is 9.84 Å². The van der Waals surface area contributed by atoms with Crippen LogP contribution in [0.4, 0.5) is 0 Å². The van der Waals surface area contributed by atoms with Crippen molar-refractivity contribution in [1.82, 2.24) is 9.62 Å². The number of morpholine rings is 1. The van der Waals surface area contributed by atoms with Crippen molar-refractivity contribution in [3.05, 3.63) is 0 Å². The number of aliphatic hydroxyl groups excluding tert-OH is 1. The molecule has 17 heavy (non-hydrogen) atoms. The molecule has 1 aliphatic heterocycles. The van der Waals surface area contributed by atoms with E-state index in [2.05, 4.69) is 16.5 Å². The molecule has 1 unspecified atom stereocenters. The Morgan fingerprint density at radius 3 is 2.94 bits per heavy atom. The monoisotopic (exact) mass is 266 g/mol. The van der Waals surface area contributed by atoms with Crippen molar-refractivity contribution in [3.63, 3.8) is 0 Å². The zero-order valence-corrected chi connectivity index (χ0v) is 11.1. The van der Waals surface area contributed by atoms with Crippen molar-refractivity contribution >= 4 is 10.0 Å². The van der Waals surface area contributed by atoms with Crippen LogP contribution in [0.25, 0.3) is 0 Å². The van der Waals surface area contributed by atoms with E-state index in [1.165, 1.54) is 0 Å². The van der Waals surface area contributed by atoms with E-state index in [1.807, 2.05) is 0 Å². The lowest BCUT2D eigenvalue weighted by Crippen LogP contribution is -2.47. The Balaban J connectivity index is 2.29. The van der Waals surface area contributed by atoms with Gasteiger partial charge in [-0.3, -0.25) is 4.90 Å². The van der Waals surface area contributed by atoms with Crippen molar-refractivity contribution in [2.45, 2.75) is 19.4 Å². The third-order valence-corrected chi connectivity index (χ3v) is 4.20. The zero-order valence-electron chi connectivity index (χ0n) is 10.3. The summed E-state index contributed by atoms with van der Waals surface area (Å²) in [5.74, 6) is -0.0340. The first-order chi connectivity index (χ1) is 8.07. The van der Waals surface area contributed by atoms with E-state index in [4.69, 9.17) is 9.84 Å². The number of likely N-dealkylation sites (N-methyl/N-ethyl adjacent to an activating group) is 1. The van der Waals surface area contributed by atoms with Crippen molar-refractivity contribution in [1.29, 1.82) is 0 Å². The second kappa shape index (κ2) is 7.27. The second-order valence-electron chi connectivity index (χ2n) is 4.13. The summed E-state index contributed by atoms with van der Waals surface area (Å²) in [5, 5.41) is 8.59. The number of hydrogen-bond acceptors (Lipinski definition) is 5. The van der Waals surface area contributed by atoms with Gasteiger partial charge in [0.2, 0.25) is 10.0 Å². The molecule has 102 valence electrons. The Bertz CT molecular complexity index is 307. The molecule has 0 saturated carbocycles. The third-order valence-electron chi connectivity index (χ3n) is 2.77. The Labute approximate surface area is 103 Å². The minimum absolute atomic E-state index is 0.0340. The highest BCUT2D eigenvalue weighted by atomic mass is 32.2. The molecule has 0 aromatic heterocycles. The van der Waals surface area contributed by atoms with E-state index in [0.29, 0.717) is 13.2 Å². The van der Waals surface area contributed by atoms with E-state index >= 15 is 0 Å². The lowest BCUT2D eigenvalue weighted by molar-refractivity contribution is -0.0229. The molecule has 0 bridgehead atoms. The van der Waals surface area contributed by atoms with Crippen LogP contribution in [0.1, 0.15) is 13.3 Å². The zero-order chi connectivity index (χ0) is 12.7. The Morgan fingerprint density at radius 1 is 1.53 bits per heavy atom. The first-order valence-corrected chi connectivity index (χ1v) is 7.64. The molecule has 0 amide bonds. The molecule has 1 aliphatic rings. The molecular formula is C10H22N2O4S. The smallest absolute Gasteiger partial charge is 0.211 e. The van der Waals surface area contributed by atoms with Gasteiger partial charge in [0.05, 0.1) is 18.5 Å². The highest BCUT2D eigenvalue weighted by Gasteiger charge is 2.21. The summed E-state index contributed by atoms with van der Waals surface area (Å²) in [6.45, 7) is 5.56. The molecule has 0 radical (unpaired) electrons. The lowest BCUT2D eigenvalue weighted by Gasteiger charge is -2.32. The van der Waals surface area contributed by atoms with Gasteiger partial charge in [0.25, 0.3) is 0 Å². The van der Waals surface area contributed by atoms with E-state index in [9.17, 15) is 8.42 Å². The van der Waals surface area contributed by atoms with Gasteiger partial charge in [-0.15, -0.1) is 0 Å². The van der Waals surface area contributed by atoms with Gasteiger partial charge in [0.15, 0.2) is 0 Å². The molecule has 1 fully saturated rings. The summed E-state index contributed by atoms with van der Waals surface area (Å²) < 4.78 is 31.0. The van der Waals surface area contributed by atoms with Gasteiger partial charge in [-0.05, 0) is 13.0 Å². The van der Waals surface area contributed by atoms with Crippen LogP contribution < -0.4 is 4.72 Å². The number of hydrogen-bond donors (Lipinski definition) is 2. The van der Waals surface area contributed by atoms with Gasteiger partial charge >= 0.3 is 0 Å². The van der Waals surface area contributed by atoms with Crippen LogP contribution in [0.2, 0.25) is 0 Å². The van der Waals surface area contributed by atoms with Crippen LogP contribution in [0, 0.1) is 0 Å². The third kappa shape index (κ3) is 5.78. The molecule has 0 aromatic rings. The molecule has 7 heteroatoms. The highest BCUT2D eigenvalue weighted by Crippen LogP contribution is 2.04. The summed E-state index contributed by atoms with van der Waals surface area (Å²) in [7, 11) is -3.28. The summed E-state index contributed by atoms with van der Waals surface area (Å²) in [6.07, 6.45) is 0.190.